The average molecular weight is 433 g/mol. The molecule has 0 aliphatic heterocycles. The number of methoxy groups -OCH3 is 1. The van der Waals surface area contributed by atoms with Crippen molar-refractivity contribution < 1.29 is 9.84 Å². The Bertz CT molecular complexity index is 1220. The minimum Gasteiger partial charge on any atom is -0.508 e. The smallest absolute Gasteiger partial charge is 0.124 e. The number of aromatic hydroxyl groups is 1. The molecule has 3 N–H and O–H groups in total. The summed E-state index contributed by atoms with van der Waals surface area (Å²) in [5.41, 5.74) is 10.8. The molecule has 8 nitrogen and oxygen atoms in total. The molecule has 32 heavy (non-hydrogen) atoms. The predicted octanol–water partition coefficient (Wildman–Crippen LogP) is 3.96. The van der Waals surface area contributed by atoms with Gasteiger partial charge in [-0.2, -0.15) is 5.10 Å². The van der Waals surface area contributed by atoms with Gasteiger partial charge in [-0.05, 0) is 24.1 Å². The van der Waals surface area contributed by atoms with E-state index >= 15 is 0 Å². The molecule has 0 saturated carbocycles. The number of phenols is 1. The SMILES string of the molecule is COc1cc(O)cc(N(CCN)c2ccc3ncc(-c4cnn(CC(C)C)c4)nc3c2)c1. The standard InChI is InChI=1S/C24H28N6O2/c1-16(2)14-29-15-17(12-27-29)24-13-26-22-5-4-18(10-23(22)28-24)30(7-6-25)19-8-20(31)11-21(9-19)32-3/h4-5,8-13,15-16,31H,6-7,14,25H2,1-3H3. The molecule has 4 aromatic rings. The Morgan fingerprint density at radius 1 is 1.09 bits per heavy atom. The predicted molar refractivity (Wildman–Crippen MR) is 126 cm³/mol. The minimum atomic E-state index is 0.127. The summed E-state index contributed by atoms with van der Waals surface area (Å²) < 4.78 is 7.24. The maximum absolute atomic E-state index is 10.1. The van der Waals surface area contributed by atoms with E-state index in [0.717, 1.165) is 40.2 Å². The van der Waals surface area contributed by atoms with Crippen LogP contribution < -0.4 is 15.4 Å². The number of hydrogen-bond acceptors (Lipinski definition) is 7. The van der Waals surface area contributed by atoms with Crippen LogP contribution in [-0.4, -0.2) is 45.1 Å². The quantitative estimate of drug-likeness (QED) is 0.434. The molecular weight excluding hydrogens is 404 g/mol. The molecule has 166 valence electrons. The third-order valence-corrected chi connectivity index (χ3v) is 5.09. The lowest BCUT2D eigenvalue weighted by molar-refractivity contribution is 0.408. The highest BCUT2D eigenvalue weighted by atomic mass is 16.5. The highest BCUT2D eigenvalue weighted by Gasteiger charge is 2.14. The van der Waals surface area contributed by atoms with Crippen molar-refractivity contribution in [1.82, 2.24) is 19.7 Å². The van der Waals surface area contributed by atoms with Crippen LogP contribution in [0.3, 0.4) is 0 Å². The van der Waals surface area contributed by atoms with E-state index in [-0.39, 0.29) is 5.75 Å². The number of ether oxygens (including phenoxy) is 1. The maximum Gasteiger partial charge on any atom is 0.124 e. The van der Waals surface area contributed by atoms with Gasteiger partial charge >= 0.3 is 0 Å². The summed E-state index contributed by atoms with van der Waals surface area (Å²) in [6.45, 7) is 6.18. The van der Waals surface area contributed by atoms with E-state index in [1.165, 1.54) is 0 Å². The number of rotatable bonds is 8. The average Bonchev–Trinajstić information content (AvgIpc) is 3.24. The number of nitrogens with two attached hydrogens (primary N) is 1. The Hall–Kier alpha value is -3.65. The van der Waals surface area contributed by atoms with Gasteiger partial charge in [0, 0.05) is 61.0 Å². The van der Waals surface area contributed by atoms with Crippen molar-refractivity contribution >= 4 is 22.4 Å². The molecule has 0 radical (unpaired) electrons. The molecule has 2 aromatic heterocycles. The molecule has 0 aliphatic rings. The number of aromatic nitrogens is 4. The van der Waals surface area contributed by atoms with Crippen LogP contribution in [0.2, 0.25) is 0 Å². The van der Waals surface area contributed by atoms with E-state index in [4.69, 9.17) is 15.5 Å². The lowest BCUT2D eigenvalue weighted by Crippen LogP contribution is -2.24. The summed E-state index contributed by atoms with van der Waals surface area (Å²) in [6.07, 6.45) is 5.59. The molecular formula is C24H28N6O2. The van der Waals surface area contributed by atoms with Crippen molar-refractivity contribution in [3.8, 4) is 22.8 Å². The molecule has 0 spiro atoms. The van der Waals surface area contributed by atoms with Crippen molar-refractivity contribution in [3.63, 3.8) is 0 Å². The zero-order valence-electron chi connectivity index (χ0n) is 18.6. The number of fused-ring (bicyclic) bond motifs is 1. The largest absolute Gasteiger partial charge is 0.508 e. The van der Waals surface area contributed by atoms with Gasteiger partial charge in [0.2, 0.25) is 0 Å². The first-order valence-corrected chi connectivity index (χ1v) is 10.6. The third kappa shape index (κ3) is 4.65. The molecule has 0 unspecified atom stereocenters. The van der Waals surface area contributed by atoms with Crippen molar-refractivity contribution in [2.45, 2.75) is 20.4 Å². The summed E-state index contributed by atoms with van der Waals surface area (Å²) in [6, 6.07) is 11.0. The third-order valence-electron chi connectivity index (χ3n) is 5.09. The second-order valence-corrected chi connectivity index (χ2v) is 8.10. The van der Waals surface area contributed by atoms with Crippen LogP contribution in [0.25, 0.3) is 22.3 Å². The number of hydrogen-bond donors (Lipinski definition) is 2. The molecule has 8 heteroatoms. The van der Waals surface area contributed by atoms with Gasteiger partial charge in [-0.25, -0.2) is 4.98 Å². The highest BCUT2D eigenvalue weighted by Crippen LogP contribution is 2.33. The monoisotopic (exact) mass is 432 g/mol. The van der Waals surface area contributed by atoms with Gasteiger partial charge in [0.25, 0.3) is 0 Å². The van der Waals surface area contributed by atoms with E-state index < -0.39 is 0 Å². The van der Waals surface area contributed by atoms with Crippen molar-refractivity contribution in [1.29, 1.82) is 0 Å². The molecule has 4 rings (SSSR count). The lowest BCUT2D eigenvalue weighted by Gasteiger charge is -2.25. The Balaban J connectivity index is 1.72. The fourth-order valence-corrected chi connectivity index (χ4v) is 3.65. The second-order valence-electron chi connectivity index (χ2n) is 8.10. The zero-order chi connectivity index (χ0) is 22.7. The van der Waals surface area contributed by atoms with Crippen LogP contribution in [0.15, 0.2) is 55.0 Å². The van der Waals surface area contributed by atoms with Gasteiger partial charge in [0.05, 0.1) is 36.2 Å². The lowest BCUT2D eigenvalue weighted by atomic mass is 10.2. The van der Waals surface area contributed by atoms with Gasteiger partial charge in [-0.1, -0.05) is 13.8 Å². The van der Waals surface area contributed by atoms with Crippen molar-refractivity contribution in [2.24, 2.45) is 11.7 Å². The van der Waals surface area contributed by atoms with E-state index in [1.807, 2.05) is 46.2 Å². The van der Waals surface area contributed by atoms with Gasteiger partial charge in [0.1, 0.15) is 11.5 Å². The van der Waals surface area contributed by atoms with Crippen LogP contribution in [0.4, 0.5) is 11.4 Å². The molecule has 0 fully saturated rings. The number of phenolic OH excluding ortho intramolecular Hbond substituents is 1. The Morgan fingerprint density at radius 2 is 1.94 bits per heavy atom. The Labute approximate surface area is 187 Å². The molecule has 0 saturated heterocycles. The highest BCUT2D eigenvalue weighted by molar-refractivity contribution is 5.82. The van der Waals surface area contributed by atoms with Crippen LogP contribution >= 0.6 is 0 Å². The van der Waals surface area contributed by atoms with Gasteiger partial charge in [0.15, 0.2) is 0 Å². The maximum atomic E-state index is 10.1. The van der Waals surface area contributed by atoms with Crippen LogP contribution in [0.1, 0.15) is 13.8 Å². The van der Waals surface area contributed by atoms with E-state index in [1.54, 1.807) is 25.4 Å². The molecule has 2 heterocycles. The normalized spacial score (nSPS) is 11.3. The van der Waals surface area contributed by atoms with E-state index in [2.05, 4.69) is 23.9 Å². The van der Waals surface area contributed by atoms with Gasteiger partial charge < -0.3 is 20.5 Å². The minimum absolute atomic E-state index is 0.127. The van der Waals surface area contributed by atoms with Crippen LogP contribution in [-0.2, 0) is 6.54 Å². The number of nitrogens with zero attached hydrogens (tertiary/aromatic N) is 5. The van der Waals surface area contributed by atoms with E-state index in [9.17, 15) is 5.11 Å². The molecule has 2 aromatic carbocycles. The first kappa shape index (κ1) is 21.6. The van der Waals surface area contributed by atoms with Gasteiger partial charge in [-0.15, -0.1) is 0 Å². The first-order valence-electron chi connectivity index (χ1n) is 10.6. The summed E-state index contributed by atoms with van der Waals surface area (Å²) in [4.78, 5) is 11.4. The zero-order valence-corrected chi connectivity index (χ0v) is 18.6. The first-order chi connectivity index (χ1) is 15.5. The topological polar surface area (TPSA) is 102 Å². The molecule has 0 amide bonds. The Morgan fingerprint density at radius 3 is 2.69 bits per heavy atom. The fraction of sp³-hybridized carbons (Fsp3) is 0.292. The summed E-state index contributed by atoms with van der Waals surface area (Å²) in [5.74, 6) is 1.21. The van der Waals surface area contributed by atoms with E-state index in [0.29, 0.717) is 24.8 Å². The van der Waals surface area contributed by atoms with Gasteiger partial charge in [-0.3, -0.25) is 9.67 Å². The summed E-state index contributed by atoms with van der Waals surface area (Å²) in [5, 5.41) is 14.5. The molecule has 0 atom stereocenters. The second kappa shape index (κ2) is 9.23. The van der Waals surface area contributed by atoms with Crippen molar-refractivity contribution in [2.75, 3.05) is 25.1 Å². The number of benzene rings is 2. The summed E-state index contributed by atoms with van der Waals surface area (Å²) >= 11 is 0. The molecule has 0 bridgehead atoms. The van der Waals surface area contributed by atoms with Crippen LogP contribution in [0, 0.1) is 5.92 Å². The van der Waals surface area contributed by atoms with Crippen LogP contribution in [0.5, 0.6) is 11.5 Å². The summed E-state index contributed by atoms with van der Waals surface area (Å²) in [7, 11) is 1.57. The Kier molecular flexibility index (Phi) is 6.23. The fourth-order valence-electron chi connectivity index (χ4n) is 3.65. The number of anilines is 2. The van der Waals surface area contributed by atoms with Crippen molar-refractivity contribution in [3.05, 3.63) is 55.0 Å². The molecule has 0 aliphatic carbocycles.